The zero-order chi connectivity index (χ0) is 13.0. The Bertz CT molecular complexity index is 585. The Morgan fingerprint density at radius 1 is 1.00 bits per heavy atom. The van der Waals surface area contributed by atoms with Crippen LogP contribution >= 0.6 is 0 Å². The molecule has 2 aromatic rings. The molecule has 3 heteroatoms. The lowest BCUT2D eigenvalue weighted by Crippen LogP contribution is -2.12. The minimum absolute atomic E-state index is 0.0306. The van der Waals surface area contributed by atoms with E-state index in [-0.39, 0.29) is 24.5 Å². The Hall–Kier alpha value is -2.16. The van der Waals surface area contributed by atoms with Gasteiger partial charge in [0.15, 0.2) is 0 Å². The van der Waals surface area contributed by atoms with Crippen molar-refractivity contribution in [1.29, 1.82) is 0 Å². The third-order valence-electron chi connectivity index (χ3n) is 2.77. The van der Waals surface area contributed by atoms with E-state index in [1.807, 2.05) is 42.5 Å². The number of nitrogens with one attached hydrogen (secondary N) is 1. The first kappa shape index (κ1) is 12.3. The lowest BCUT2D eigenvalue weighted by Gasteiger charge is -2.08. The van der Waals surface area contributed by atoms with Crippen molar-refractivity contribution in [2.45, 2.75) is 19.8 Å². The summed E-state index contributed by atoms with van der Waals surface area (Å²) in [6.45, 7) is 1.49. The highest BCUT2D eigenvalue weighted by Gasteiger charge is 2.06. The second-order valence-corrected chi connectivity index (χ2v) is 4.28. The topological polar surface area (TPSA) is 46.2 Å². The standard InChI is InChI=1S/C15H15NO2/c1-11(17)9-10-15(18)16-14-8-4-6-12-5-2-3-7-13(12)14/h2-8H,9-10H2,1H3,(H,16,18). The summed E-state index contributed by atoms with van der Waals surface area (Å²) >= 11 is 0. The predicted molar refractivity (Wildman–Crippen MR) is 72.5 cm³/mol. The molecular formula is C15H15NO2. The number of hydrogen-bond acceptors (Lipinski definition) is 2. The Labute approximate surface area is 106 Å². The highest BCUT2D eigenvalue weighted by Crippen LogP contribution is 2.23. The average molecular weight is 241 g/mol. The maximum atomic E-state index is 11.7. The van der Waals surface area contributed by atoms with Crippen LogP contribution in [0.1, 0.15) is 19.8 Å². The average Bonchev–Trinajstić information content (AvgIpc) is 2.37. The van der Waals surface area contributed by atoms with Crippen molar-refractivity contribution in [3.05, 3.63) is 42.5 Å². The van der Waals surface area contributed by atoms with E-state index in [9.17, 15) is 9.59 Å². The van der Waals surface area contributed by atoms with Crippen molar-refractivity contribution in [2.75, 3.05) is 5.32 Å². The molecule has 0 saturated carbocycles. The lowest BCUT2D eigenvalue weighted by molar-refractivity contribution is -0.121. The molecule has 2 aromatic carbocycles. The molecule has 0 aliphatic rings. The molecular weight excluding hydrogens is 226 g/mol. The smallest absolute Gasteiger partial charge is 0.224 e. The van der Waals surface area contributed by atoms with E-state index in [0.29, 0.717) is 0 Å². The zero-order valence-corrected chi connectivity index (χ0v) is 10.3. The van der Waals surface area contributed by atoms with Crippen molar-refractivity contribution in [2.24, 2.45) is 0 Å². The summed E-state index contributed by atoms with van der Waals surface area (Å²) in [7, 11) is 0. The van der Waals surface area contributed by atoms with Gasteiger partial charge in [-0.3, -0.25) is 4.79 Å². The maximum Gasteiger partial charge on any atom is 0.224 e. The molecule has 0 saturated heterocycles. The molecule has 0 spiro atoms. The van der Waals surface area contributed by atoms with Crippen LogP contribution in [0.5, 0.6) is 0 Å². The molecule has 0 aliphatic heterocycles. The Morgan fingerprint density at radius 2 is 1.72 bits per heavy atom. The molecule has 0 unspecified atom stereocenters. The van der Waals surface area contributed by atoms with Crippen molar-refractivity contribution in [3.8, 4) is 0 Å². The third kappa shape index (κ3) is 2.94. The van der Waals surface area contributed by atoms with Crippen LogP contribution < -0.4 is 5.32 Å². The number of fused-ring (bicyclic) bond motifs is 1. The summed E-state index contributed by atoms with van der Waals surface area (Å²) in [5, 5.41) is 4.94. The van der Waals surface area contributed by atoms with E-state index in [0.717, 1.165) is 16.5 Å². The number of carbonyl (C=O) groups excluding carboxylic acids is 2. The summed E-state index contributed by atoms with van der Waals surface area (Å²) in [5.74, 6) is -0.0929. The van der Waals surface area contributed by atoms with Crippen LogP contribution in [-0.4, -0.2) is 11.7 Å². The minimum Gasteiger partial charge on any atom is -0.326 e. The number of rotatable bonds is 4. The molecule has 0 radical (unpaired) electrons. The number of anilines is 1. The molecule has 0 aromatic heterocycles. The van der Waals surface area contributed by atoms with Gasteiger partial charge < -0.3 is 10.1 Å². The quantitative estimate of drug-likeness (QED) is 0.893. The molecule has 2 rings (SSSR count). The fourth-order valence-electron chi connectivity index (χ4n) is 1.84. The van der Waals surface area contributed by atoms with Crippen LogP contribution in [0.15, 0.2) is 42.5 Å². The van der Waals surface area contributed by atoms with Crippen LogP contribution in [0, 0.1) is 0 Å². The van der Waals surface area contributed by atoms with Gasteiger partial charge in [-0.15, -0.1) is 0 Å². The van der Waals surface area contributed by atoms with E-state index in [1.165, 1.54) is 6.92 Å². The normalized spacial score (nSPS) is 10.3. The molecule has 0 aliphatic carbocycles. The number of Topliss-reactive ketones (excluding diaryl/α,β-unsaturated/α-hetero) is 1. The summed E-state index contributed by atoms with van der Waals surface area (Å²) in [6, 6.07) is 13.6. The maximum absolute atomic E-state index is 11.7. The number of ketones is 1. The highest BCUT2D eigenvalue weighted by atomic mass is 16.2. The van der Waals surface area contributed by atoms with Crippen LogP contribution in [0.25, 0.3) is 10.8 Å². The number of carbonyl (C=O) groups is 2. The largest absolute Gasteiger partial charge is 0.326 e. The summed E-state index contributed by atoms with van der Waals surface area (Å²) < 4.78 is 0. The van der Waals surface area contributed by atoms with E-state index >= 15 is 0 Å². The minimum atomic E-state index is -0.124. The van der Waals surface area contributed by atoms with Crippen molar-refractivity contribution in [1.82, 2.24) is 0 Å². The SMILES string of the molecule is CC(=O)CCC(=O)Nc1cccc2ccccc12. The zero-order valence-electron chi connectivity index (χ0n) is 10.3. The number of benzene rings is 2. The fraction of sp³-hybridized carbons (Fsp3) is 0.200. The van der Waals surface area contributed by atoms with E-state index in [1.54, 1.807) is 0 Å². The molecule has 0 fully saturated rings. The van der Waals surface area contributed by atoms with Crippen molar-refractivity contribution >= 4 is 28.2 Å². The second kappa shape index (κ2) is 5.45. The van der Waals surface area contributed by atoms with Gasteiger partial charge in [0.05, 0.1) is 0 Å². The molecule has 0 bridgehead atoms. The Balaban J connectivity index is 2.16. The molecule has 1 amide bonds. The van der Waals surface area contributed by atoms with E-state index in [4.69, 9.17) is 0 Å². The molecule has 92 valence electrons. The Kier molecular flexibility index (Phi) is 3.72. The van der Waals surface area contributed by atoms with Gasteiger partial charge in [0, 0.05) is 23.9 Å². The first-order valence-electron chi connectivity index (χ1n) is 5.94. The van der Waals surface area contributed by atoms with Gasteiger partial charge in [-0.25, -0.2) is 0 Å². The van der Waals surface area contributed by atoms with Crippen molar-refractivity contribution < 1.29 is 9.59 Å². The first-order valence-corrected chi connectivity index (χ1v) is 5.94. The van der Waals surface area contributed by atoms with Gasteiger partial charge in [-0.2, -0.15) is 0 Å². The summed E-state index contributed by atoms with van der Waals surface area (Å²) in [6.07, 6.45) is 0.523. The molecule has 0 heterocycles. The van der Waals surface area contributed by atoms with Gasteiger partial charge in [0.2, 0.25) is 5.91 Å². The second-order valence-electron chi connectivity index (χ2n) is 4.28. The molecule has 1 N–H and O–H groups in total. The number of amides is 1. The van der Waals surface area contributed by atoms with E-state index in [2.05, 4.69) is 5.32 Å². The van der Waals surface area contributed by atoms with Gasteiger partial charge in [0.1, 0.15) is 5.78 Å². The summed E-state index contributed by atoms with van der Waals surface area (Å²) in [5.41, 5.74) is 0.793. The van der Waals surface area contributed by atoms with Gasteiger partial charge >= 0.3 is 0 Å². The monoisotopic (exact) mass is 241 g/mol. The van der Waals surface area contributed by atoms with Gasteiger partial charge in [-0.1, -0.05) is 36.4 Å². The van der Waals surface area contributed by atoms with Gasteiger partial charge in [-0.05, 0) is 18.4 Å². The molecule has 18 heavy (non-hydrogen) atoms. The predicted octanol–water partition coefficient (Wildman–Crippen LogP) is 3.15. The highest BCUT2D eigenvalue weighted by molar-refractivity contribution is 6.02. The van der Waals surface area contributed by atoms with Crippen molar-refractivity contribution in [3.63, 3.8) is 0 Å². The van der Waals surface area contributed by atoms with Crippen LogP contribution in [0.3, 0.4) is 0 Å². The molecule has 0 atom stereocenters. The third-order valence-corrected chi connectivity index (χ3v) is 2.77. The summed E-state index contributed by atoms with van der Waals surface area (Å²) in [4.78, 5) is 22.5. The lowest BCUT2D eigenvalue weighted by atomic mass is 10.1. The van der Waals surface area contributed by atoms with Crippen LogP contribution in [0.2, 0.25) is 0 Å². The fourth-order valence-corrected chi connectivity index (χ4v) is 1.84. The molecule has 3 nitrogen and oxygen atoms in total. The Morgan fingerprint density at radius 3 is 2.50 bits per heavy atom. The first-order chi connectivity index (χ1) is 8.66. The van der Waals surface area contributed by atoms with Gasteiger partial charge in [0.25, 0.3) is 0 Å². The van der Waals surface area contributed by atoms with E-state index < -0.39 is 0 Å². The van der Waals surface area contributed by atoms with Crippen LogP contribution in [0.4, 0.5) is 5.69 Å². The number of hydrogen-bond donors (Lipinski definition) is 1. The van der Waals surface area contributed by atoms with Crippen LogP contribution in [-0.2, 0) is 9.59 Å².